The van der Waals surface area contributed by atoms with E-state index in [-0.39, 0.29) is 11.8 Å². The highest BCUT2D eigenvalue weighted by molar-refractivity contribution is 14.1. The van der Waals surface area contributed by atoms with E-state index in [9.17, 15) is 12.8 Å². The van der Waals surface area contributed by atoms with Crippen molar-refractivity contribution >= 4 is 38.6 Å². The van der Waals surface area contributed by atoms with Gasteiger partial charge in [-0.3, -0.25) is 4.72 Å². The molecule has 0 aliphatic rings. The van der Waals surface area contributed by atoms with Crippen molar-refractivity contribution in [3.05, 3.63) is 39.3 Å². The highest BCUT2D eigenvalue weighted by Crippen LogP contribution is 2.27. The van der Waals surface area contributed by atoms with Crippen molar-refractivity contribution in [2.45, 2.75) is 19.8 Å². The molecule has 0 saturated heterocycles. The smallest absolute Gasteiger partial charge is 0.237 e. The normalized spacial score (nSPS) is 11.5. The fourth-order valence-electron chi connectivity index (χ4n) is 1.91. The van der Waals surface area contributed by atoms with E-state index in [1.54, 1.807) is 12.1 Å². The van der Waals surface area contributed by atoms with Crippen molar-refractivity contribution in [2.24, 2.45) is 0 Å². The molecule has 1 N–H and O–H groups in total. The molecule has 0 aliphatic carbocycles. The summed E-state index contributed by atoms with van der Waals surface area (Å²) in [6.45, 7) is 2.01. The molecule has 1 heterocycles. The van der Waals surface area contributed by atoms with Gasteiger partial charge in [0.1, 0.15) is 5.82 Å². The molecule has 8 heteroatoms. The third-order valence-corrected chi connectivity index (χ3v) is 4.49. The van der Waals surface area contributed by atoms with Crippen LogP contribution in [0, 0.1) is 9.39 Å². The summed E-state index contributed by atoms with van der Waals surface area (Å²) >= 11 is 2.13. The van der Waals surface area contributed by atoms with Gasteiger partial charge in [0, 0.05) is 5.56 Å². The van der Waals surface area contributed by atoms with Crippen LogP contribution in [0.15, 0.2) is 24.3 Å². The standard InChI is InChI=1S/C14H15FIN3O2S/c1-3-4-11-12(16)13(9-5-7-10(15)8-6-9)18-14(17-11)19-22(2,20)21/h5-8H,3-4H2,1-2H3,(H,17,18,19). The molecule has 0 amide bonds. The van der Waals surface area contributed by atoms with Crippen LogP contribution >= 0.6 is 22.6 Å². The molecule has 118 valence electrons. The number of benzene rings is 1. The first-order valence-corrected chi connectivity index (χ1v) is 9.57. The molecule has 5 nitrogen and oxygen atoms in total. The zero-order valence-electron chi connectivity index (χ0n) is 12.1. The van der Waals surface area contributed by atoms with Gasteiger partial charge in [-0.25, -0.2) is 22.8 Å². The molecule has 22 heavy (non-hydrogen) atoms. The monoisotopic (exact) mass is 435 g/mol. The number of anilines is 1. The minimum atomic E-state index is -3.46. The molecule has 0 aliphatic heterocycles. The molecule has 1 aromatic carbocycles. The van der Waals surface area contributed by atoms with E-state index < -0.39 is 10.0 Å². The summed E-state index contributed by atoms with van der Waals surface area (Å²) < 4.78 is 39.0. The Labute approximate surface area is 142 Å². The maximum Gasteiger partial charge on any atom is 0.237 e. The number of hydrogen-bond acceptors (Lipinski definition) is 4. The summed E-state index contributed by atoms with van der Waals surface area (Å²) in [6, 6.07) is 5.91. The zero-order chi connectivity index (χ0) is 16.3. The molecule has 0 bridgehead atoms. The number of sulfonamides is 1. The lowest BCUT2D eigenvalue weighted by atomic mass is 10.1. The van der Waals surface area contributed by atoms with Gasteiger partial charge >= 0.3 is 0 Å². The molecule has 0 radical (unpaired) electrons. The Bertz CT molecular complexity index is 779. The van der Waals surface area contributed by atoms with Gasteiger partial charge in [0.25, 0.3) is 0 Å². The number of aryl methyl sites for hydroxylation is 1. The summed E-state index contributed by atoms with van der Waals surface area (Å²) in [7, 11) is -3.46. The molecular formula is C14H15FIN3O2S. The minimum absolute atomic E-state index is 0.0330. The third kappa shape index (κ3) is 4.35. The van der Waals surface area contributed by atoms with Gasteiger partial charge in [0.2, 0.25) is 16.0 Å². The van der Waals surface area contributed by atoms with E-state index in [4.69, 9.17) is 0 Å². The fraction of sp³-hybridized carbons (Fsp3) is 0.286. The zero-order valence-corrected chi connectivity index (χ0v) is 15.1. The van der Waals surface area contributed by atoms with Crippen LogP contribution in [0.25, 0.3) is 11.3 Å². The molecule has 0 spiro atoms. The number of nitrogens with one attached hydrogen (secondary N) is 1. The van der Waals surface area contributed by atoms with E-state index >= 15 is 0 Å². The Kier molecular flexibility index (Phi) is 5.32. The first-order valence-electron chi connectivity index (χ1n) is 6.60. The van der Waals surface area contributed by atoms with Gasteiger partial charge in [-0.15, -0.1) is 0 Å². The van der Waals surface area contributed by atoms with Crippen LogP contribution in [0.5, 0.6) is 0 Å². The fourth-order valence-corrected chi connectivity index (χ4v) is 3.15. The van der Waals surface area contributed by atoms with Crippen molar-refractivity contribution in [3.63, 3.8) is 0 Å². The van der Waals surface area contributed by atoms with E-state index in [2.05, 4.69) is 37.3 Å². The first-order chi connectivity index (χ1) is 10.3. The molecule has 0 saturated carbocycles. The maximum absolute atomic E-state index is 13.1. The number of hydrogen-bond donors (Lipinski definition) is 1. The molecule has 0 fully saturated rings. The second kappa shape index (κ2) is 6.86. The molecule has 2 aromatic rings. The van der Waals surface area contributed by atoms with Crippen molar-refractivity contribution in [2.75, 3.05) is 11.0 Å². The molecule has 1 aromatic heterocycles. The maximum atomic E-state index is 13.1. The number of halogens is 2. The molecular weight excluding hydrogens is 420 g/mol. The topological polar surface area (TPSA) is 72.0 Å². The first kappa shape index (κ1) is 17.1. The largest absolute Gasteiger partial charge is 0.251 e. The Hall–Kier alpha value is -1.29. The van der Waals surface area contributed by atoms with Crippen molar-refractivity contribution in [1.82, 2.24) is 9.97 Å². The van der Waals surface area contributed by atoms with E-state index in [1.165, 1.54) is 12.1 Å². The SMILES string of the molecule is CCCc1nc(NS(C)(=O)=O)nc(-c2ccc(F)cc2)c1I. The lowest BCUT2D eigenvalue weighted by Crippen LogP contribution is -2.14. The van der Waals surface area contributed by atoms with Gasteiger partial charge in [-0.05, 0) is 53.3 Å². The molecule has 0 atom stereocenters. The van der Waals surface area contributed by atoms with Crippen LogP contribution in [-0.2, 0) is 16.4 Å². The van der Waals surface area contributed by atoms with Gasteiger partial charge in [0.15, 0.2) is 0 Å². The second-order valence-corrected chi connectivity index (χ2v) is 7.61. The third-order valence-electron chi connectivity index (χ3n) is 2.80. The Balaban J connectivity index is 2.57. The van der Waals surface area contributed by atoms with Crippen molar-refractivity contribution < 1.29 is 12.8 Å². The summed E-state index contributed by atoms with van der Waals surface area (Å²) in [6.07, 6.45) is 2.62. The second-order valence-electron chi connectivity index (χ2n) is 4.79. The summed E-state index contributed by atoms with van der Waals surface area (Å²) in [5.41, 5.74) is 2.07. The van der Waals surface area contributed by atoms with Crippen LogP contribution < -0.4 is 4.72 Å². The van der Waals surface area contributed by atoms with E-state index in [0.29, 0.717) is 17.7 Å². The summed E-state index contributed by atoms with van der Waals surface area (Å²) in [4.78, 5) is 8.54. The summed E-state index contributed by atoms with van der Waals surface area (Å²) in [5.74, 6) is -0.304. The Morgan fingerprint density at radius 3 is 2.41 bits per heavy atom. The molecule has 2 rings (SSSR count). The lowest BCUT2D eigenvalue weighted by Gasteiger charge is -2.12. The lowest BCUT2D eigenvalue weighted by molar-refractivity contribution is 0.606. The Morgan fingerprint density at radius 1 is 1.23 bits per heavy atom. The van der Waals surface area contributed by atoms with Crippen molar-refractivity contribution in [3.8, 4) is 11.3 Å². The quantitative estimate of drug-likeness (QED) is 0.733. The average Bonchev–Trinajstić information content (AvgIpc) is 2.42. The summed E-state index contributed by atoms with van der Waals surface area (Å²) in [5, 5.41) is 0. The highest BCUT2D eigenvalue weighted by Gasteiger charge is 2.15. The number of rotatable bonds is 5. The number of aromatic nitrogens is 2. The van der Waals surface area contributed by atoms with Crippen LogP contribution in [0.4, 0.5) is 10.3 Å². The van der Waals surface area contributed by atoms with Crippen LogP contribution in [0.3, 0.4) is 0 Å². The van der Waals surface area contributed by atoms with Crippen LogP contribution in [-0.4, -0.2) is 24.6 Å². The van der Waals surface area contributed by atoms with E-state index in [0.717, 1.165) is 21.9 Å². The molecule has 0 unspecified atom stereocenters. The number of nitrogens with zero attached hydrogens (tertiary/aromatic N) is 2. The van der Waals surface area contributed by atoms with Crippen LogP contribution in [0.1, 0.15) is 19.0 Å². The van der Waals surface area contributed by atoms with Crippen molar-refractivity contribution in [1.29, 1.82) is 0 Å². The average molecular weight is 435 g/mol. The van der Waals surface area contributed by atoms with Crippen LogP contribution in [0.2, 0.25) is 0 Å². The van der Waals surface area contributed by atoms with Gasteiger partial charge in [-0.2, -0.15) is 0 Å². The van der Waals surface area contributed by atoms with E-state index in [1.807, 2.05) is 6.92 Å². The Morgan fingerprint density at radius 2 is 1.86 bits per heavy atom. The van der Waals surface area contributed by atoms with Gasteiger partial charge in [-0.1, -0.05) is 13.3 Å². The van der Waals surface area contributed by atoms with Gasteiger partial charge < -0.3 is 0 Å². The van der Waals surface area contributed by atoms with Gasteiger partial charge in [0.05, 0.1) is 21.2 Å². The predicted octanol–water partition coefficient (Wildman–Crippen LogP) is 3.21. The predicted molar refractivity (Wildman–Crippen MR) is 92.6 cm³/mol. The highest BCUT2D eigenvalue weighted by atomic mass is 127. The minimum Gasteiger partial charge on any atom is -0.251 e.